The molecule has 0 aliphatic rings. The van der Waals surface area contributed by atoms with Crippen molar-refractivity contribution in [3.8, 4) is 5.75 Å². The second-order valence-electron chi connectivity index (χ2n) is 4.18. The Hall–Kier alpha value is -2.76. The molecule has 1 heterocycles. The number of anilines is 1. The molecular formula is C14H14N2O4. The average Bonchev–Trinajstić information content (AvgIpc) is 2.91. The Morgan fingerprint density at radius 2 is 2.10 bits per heavy atom. The van der Waals surface area contributed by atoms with Crippen LogP contribution in [0.4, 0.5) is 5.69 Å². The second-order valence-corrected chi connectivity index (χ2v) is 4.18. The maximum atomic E-state index is 12.0. The van der Waals surface area contributed by atoms with Crippen molar-refractivity contribution < 1.29 is 19.1 Å². The van der Waals surface area contributed by atoms with Crippen molar-refractivity contribution in [2.75, 3.05) is 5.32 Å². The molecule has 0 aliphatic heterocycles. The third-order valence-electron chi connectivity index (χ3n) is 2.56. The number of benzene rings is 1. The van der Waals surface area contributed by atoms with Crippen molar-refractivity contribution in [2.45, 2.75) is 13.5 Å². The van der Waals surface area contributed by atoms with Gasteiger partial charge in [-0.1, -0.05) is 0 Å². The van der Waals surface area contributed by atoms with E-state index < -0.39 is 5.91 Å². The molecule has 6 nitrogen and oxygen atoms in total. The summed E-state index contributed by atoms with van der Waals surface area (Å²) < 4.78 is 5.09. The van der Waals surface area contributed by atoms with Gasteiger partial charge in [-0.25, -0.2) is 0 Å². The molecule has 1 aromatic carbocycles. The molecule has 0 aliphatic carbocycles. The zero-order valence-electron chi connectivity index (χ0n) is 10.8. The van der Waals surface area contributed by atoms with Gasteiger partial charge in [-0.15, -0.1) is 0 Å². The molecule has 0 unspecified atom stereocenters. The summed E-state index contributed by atoms with van der Waals surface area (Å²) in [5.41, 5.74) is 0.529. The van der Waals surface area contributed by atoms with Gasteiger partial charge in [0, 0.05) is 12.6 Å². The summed E-state index contributed by atoms with van der Waals surface area (Å²) in [6.45, 7) is 1.58. The first kappa shape index (κ1) is 13.7. The summed E-state index contributed by atoms with van der Waals surface area (Å²) in [5, 5.41) is 14.9. The van der Waals surface area contributed by atoms with Gasteiger partial charge < -0.3 is 20.2 Å². The molecule has 0 saturated heterocycles. The quantitative estimate of drug-likeness (QED) is 0.742. The minimum Gasteiger partial charge on any atom is -0.507 e. The fraction of sp³-hybridized carbons (Fsp3) is 0.143. The zero-order chi connectivity index (χ0) is 14.5. The van der Waals surface area contributed by atoms with Gasteiger partial charge in [0.05, 0.1) is 18.4 Å². The van der Waals surface area contributed by atoms with Crippen LogP contribution in [0.1, 0.15) is 23.0 Å². The molecule has 0 saturated carbocycles. The fourth-order valence-corrected chi connectivity index (χ4v) is 1.67. The van der Waals surface area contributed by atoms with E-state index in [0.717, 1.165) is 0 Å². The minimum absolute atomic E-state index is 0.0859. The van der Waals surface area contributed by atoms with Crippen molar-refractivity contribution in [1.29, 1.82) is 0 Å². The van der Waals surface area contributed by atoms with E-state index in [1.54, 1.807) is 12.1 Å². The Morgan fingerprint density at radius 1 is 1.30 bits per heavy atom. The van der Waals surface area contributed by atoms with Gasteiger partial charge in [0.25, 0.3) is 5.91 Å². The Morgan fingerprint density at radius 3 is 2.75 bits per heavy atom. The molecule has 2 aromatic rings. The molecule has 0 fully saturated rings. The first-order chi connectivity index (χ1) is 9.56. The van der Waals surface area contributed by atoms with E-state index in [2.05, 4.69) is 10.6 Å². The predicted molar refractivity (Wildman–Crippen MR) is 72.3 cm³/mol. The van der Waals surface area contributed by atoms with Gasteiger partial charge in [-0.05, 0) is 30.3 Å². The van der Waals surface area contributed by atoms with Crippen LogP contribution in [0.25, 0.3) is 0 Å². The fourth-order valence-electron chi connectivity index (χ4n) is 1.67. The van der Waals surface area contributed by atoms with Crippen LogP contribution in [0.15, 0.2) is 41.0 Å². The highest BCUT2D eigenvalue weighted by Crippen LogP contribution is 2.21. The summed E-state index contributed by atoms with van der Waals surface area (Å²) in [6.07, 6.45) is 1.51. The lowest BCUT2D eigenvalue weighted by molar-refractivity contribution is -0.114. The number of phenols is 1. The van der Waals surface area contributed by atoms with Gasteiger partial charge in [-0.3, -0.25) is 9.59 Å². The lowest BCUT2D eigenvalue weighted by Crippen LogP contribution is -2.22. The highest BCUT2D eigenvalue weighted by Gasteiger charge is 2.12. The third-order valence-corrected chi connectivity index (χ3v) is 2.56. The number of rotatable bonds is 4. The van der Waals surface area contributed by atoms with Gasteiger partial charge in [0.15, 0.2) is 0 Å². The van der Waals surface area contributed by atoms with Crippen LogP contribution >= 0.6 is 0 Å². The minimum atomic E-state index is -0.453. The predicted octanol–water partition coefficient (Wildman–Crippen LogP) is 1.87. The Bertz CT molecular complexity index is 620. The third kappa shape index (κ3) is 3.38. The van der Waals surface area contributed by atoms with E-state index in [0.29, 0.717) is 11.4 Å². The topological polar surface area (TPSA) is 91.6 Å². The van der Waals surface area contributed by atoms with E-state index in [1.165, 1.54) is 31.4 Å². The number of carbonyl (C=O) groups is 2. The molecular weight excluding hydrogens is 260 g/mol. The number of nitrogens with one attached hydrogen (secondary N) is 2. The van der Waals surface area contributed by atoms with E-state index in [9.17, 15) is 14.7 Å². The number of phenolic OH excluding ortho intramolecular Hbond substituents is 1. The zero-order valence-corrected chi connectivity index (χ0v) is 10.8. The molecule has 104 valence electrons. The molecule has 0 atom stereocenters. The summed E-state index contributed by atoms with van der Waals surface area (Å²) in [6, 6.07) is 7.73. The molecule has 2 rings (SSSR count). The van der Waals surface area contributed by atoms with Crippen LogP contribution in [0.5, 0.6) is 5.75 Å². The van der Waals surface area contributed by atoms with E-state index in [4.69, 9.17) is 4.42 Å². The molecule has 2 amide bonds. The monoisotopic (exact) mass is 274 g/mol. The van der Waals surface area contributed by atoms with Crippen LogP contribution in [0.3, 0.4) is 0 Å². The van der Waals surface area contributed by atoms with E-state index >= 15 is 0 Å². The van der Waals surface area contributed by atoms with Crippen LogP contribution in [0.2, 0.25) is 0 Å². The van der Waals surface area contributed by atoms with Crippen LogP contribution < -0.4 is 10.6 Å². The summed E-state index contributed by atoms with van der Waals surface area (Å²) >= 11 is 0. The Balaban J connectivity index is 2.09. The summed E-state index contributed by atoms with van der Waals surface area (Å²) in [7, 11) is 0. The van der Waals surface area contributed by atoms with Crippen LogP contribution in [-0.2, 0) is 11.3 Å². The van der Waals surface area contributed by atoms with Crippen molar-refractivity contribution in [1.82, 2.24) is 5.32 Å². The number of aromatic hydroxyl groups is 1. The second kappa shape index (κ2) is 5.92. The highest BCUT2D eigenvalue weighted by molar-refractivity contribution is 5.99. The van der Waals surface area contributed by atoms with Gasteiger partial charge >= 0.3 is 0 Å². The maximum Gasteiger partial charge on any atom is 0.255 e. The normalized spacial score (nSPS) is 10.1. The summed E-state index contributed by atoms with van der Waals surface area (Å²) in [4.78, 5) is 22.9. The molecule has 6 heteroatoms. The molecule has 1 aromatic heterocycles. The Labute approximate surface area is 115 Å². The lowest BCUT2D eigenvalue weighted by Gasteiger charge is -2.08. The van der Waals surface area contributed by atoms with Crippen molar-refractivity contribution >= 4 is 17.5 Å². The number of hydrogen-bond donors (Lipinski definition) is 3. The first-order valence-corrected chi connectivity index (χ1v) is 5.97. The maximum absolute atomic E-state index is 12.0. The molecule has 20 heavy (non-hydrogen) atoms. The van der Waals surface area contributed by atoms with Crippen molar-refractivity contribution in [2.24, 2.45) is 0 Å². The van der Waals surface area contributed by atoms with E-state index in [-0.39, 0.29) is 23.8 Å². The molecule has 0 bridgehead atoms. The number of carbonyl (C=O) groups excluding carboxylic acids is 2. The average molecular weight is 274 g/mol. The van der Waals surface area contributed by atoms with Crippen LogP contribution in [0, 0.1) is 0 Å². The molecule has 0 radical (unpaired) electrons. The smallest absolute Gasteiger partial charge is 0.255 e. The first-order valence-electron chi connectivity index (χ1n) is 5.97. The van der Waals surface area contributed by atoms with Crippen molar-refractivity contribution in [3.63, 3.8) is 0 Å². The van der Waals surface area contributed by atoms with E-state index in [1.807, 2.05) is 0 Å². The van der Waals surface area contributed by atoms with Gasteiger partial charge in [0.2, 0.25) is 5.91 Å². The highest BCUT2D eigenvalue weighted by atomic mass is 16.3. The number of furan rings is 1. The molecule has 0 spiro atoms. The van der Waals surface area contributed by atoms with Gasteiger partial charge in [0.1, 0.15) is 11.5 Å². The van der Waals surface area contributed by atoms with Gasteiger partial charge in [-0.2, -0.15) is 0 Å². The molecule has 3 N–H and O–H groups in total. The summed E-state index contributed by atoms with van der Waals surface area (Å²) in [5.74, 6) is -0.254. The SMILES string of the molecule is CC(=O)Nc1ccc(O)c(C(=O)NCc2ccco2)c1. The number of amides is 2. The largest absolute Gasteiger partial charge is 0.507 e. The van der Waals surface area contributed by atoms with Crippen molar-refractivity contribution in [3.05, 3.63) is 47.9 Å². The Kier molecular flexibility index (Phi) is 4.05. The number of hydrogen-bond acceptors (Lipinski definition) is 4. The van der Waals surface area contributed by atoms with Crippen LogP contribution in [-0.4, -0.2) is 16.9 Å². The standard InChI is InChI=1S/C14H14N2O4/c1-9(17)16-10-4-5-13(18)12(7-10)14(19)15-8-11-3-2-6-20-11/h2-7,18H,8H2,1H3,(H,15,19)(H,16,17). The lowest BCUT2D eigenvalue weighted by atomic mass is 10.1.